The van der Waals surface area contributed by atoms with E-state index in [1.54, 1.807) is 21.8 Å². The first-order valence-electron chi connectivity index (χ1n) is 14.9. The second-order valence-corrected chi connectivity index (χ2v) is 12.0. The molecule has 0 spiro atoms. The van der Waals surface area contributed by atoms with Gasteiger partial charge in [0, 0.05) is 59.1 Å². The highest BCUT2D eigenvalue weighted by Crippen LogP contribution is 2.33. The van der Waals surface area contributed by atoms with E-state index in [1.165, 1.54) is 9.80 Å². The lowest BCUT2D eigenvalue weighted by molar-refractivity contribution is -0.148. The molecule has 5 aliphatic rings. The van der Waals surface area contributed by atoms with Gasteiger partial charge in [-0.05, 0) is 31.1 Å². The Balaban J connectivity index is 1.37. The first kappa shape index (κ1) is 29.7. The summed E-state index contributed by atoms with van der Waals surface area (Å²) in [6.07, 6.45) is 1.03. The number of alkyl halides is 1. The summed E-state index contributed by atoms with van der Waals surface area (Å²) < 4.78 is 25.2. The average molecular weight is 580 g/mol. The van der Waals surface area contributed by atoms with E-state index in [-0.39, 0.29) is 80.4 Å². The summed E-state index contributed by atoms with van der Waals surface area (Å²) in [5, 5.41) is 0. The van der Waals surface area contributed by atoms with Gasteiger partial charge in [-0.15, -0.1) is 0 Å². The molecule has 5 rings (SSSR count). The molecule has 0 N–H and O–H groups in total. The lowest BCUT2D eigenvalue weighted by Crippen LogP contribution is -2.53. The number of hydrogen-bond acceptors (Lipinski definition) is 7. The van der Waals surface area contributed by atoms with Crippen molar-refractivity contribution in [2.24, 2.45) is 11.8 Å². The Morgan fingerprint density at radius 2 is 1.78 bits per heavy atom. The largest absolute Gasteiger partial charge is 0.383 e. The highest BCUT2D eigenvalue weighted by Gasteiger charge is 2.45. The standard InChI is InChI=1S/C28H42FN5O7/c1-40-18-22-3-2-5-33(22)26(37)16-32-17-27(38)34-15-21(29)13-23(34)28(39)31-6-4-19(20(14-31)12-25(32)36)11-24(35)30-7-9-41-10-8-30/h19-23H,2-18H2,1H3/t19-,20-,21-,22+,23-/m0/s1. The van der Waals surface area contributed by atoms with Gasteiger partial charge in [-0.3, -0.25) is 24.0 Å². The smallest absolute Gasteiger partial charge is 0.245 e. The Morgan fingerprint density at radius 3 is 2.54 bits per heavy atom. The molecule has 13 heteroatoms. The van der Waals surface area contributed by atoms with Crippen molar-refractivity contribution < 1.29 is 37.8 Å². The first-order chi connectivity index (χ1) is 19.7. The normalized spacial score (nSPS) is 31.4. The molecule has 5 saturated heterocycles. The monoisotopic (exact) mass is 579 g/mol. The van der Waals surface area contributed by atoms with Crippen LogP contribution in [0, 0.1) is 11.8 Å². The molecule has 0 radical (unpaired) electrons. The molecule has 0 unspecified atom stereocenters. The number of hydrogen-bond donors (Lipinski definition) is 0. The van der Waals surface area contributed by atoms with Crippen molar-refractivity contribution in [2.75, 3.05) is 79.3 Å². The minimum absolute atomic E-state index is 0.00232. The topological polar surface area (TPSA) is 120 Å². The number of piperidine rings is 1. The van der Waals surface area contributed by atoms with Gasteiger partial charge in [0.05, 0.1) is 32.4 Å². The molecule has 5 aliphatic heterocycles. The molecule has 5 atom stereocenters. The van der Waals surface area contributed by atoms with Crippen molar-refractivity contribution in [3.63, 3.8) is 0 Å². The zero-order chi connectivity index (χ0) is 29.1. The molecule has 0 aliphatic carbocycles. The molecule has 0 aromatic carbocycles. The van der Waals surface area contributed by atoms with Crippen LogP contribution in [0.4, 0.5) is 4.39 Å². The zero-order valence-corrected chi connectivity index (χ0v) is 23.9. The maximum atomic E-state index is 14.6. The predicted molar refractivity (Wildman–Crippen MR) is 143 cm³/mol. The highest BCUT2D eigenvalue weighted by molar-refractivity contribution is 5.93. The second-order valence-electron chi connectivity index (χ2n) is 12.0. The predicted octanol–water partition coefficient (Wildman–Crippen LogP) is -0.491. The highest BCUT2D eigenvalue weighted by atomic mass is 19.1. The molecular weight excluding hydrogens is 537 g/mol. The Kier molecular flexibility index (Phi) is 9.42. The van der Waals surface area contributed by atoms with E-state index in [9.17, 15) is 28.4 Å². The minimum Gasteiger partial charge on any atom is -0.383 e. The van der Waals surface area contributed by atoms with Crippen molar-refractivity contribution in [3.8, 4) is 0 Å². The van der Waals surface area contributed by atoms with Gasteiger partial charge in [0.25, 0.3) is 0 Å². The quantitative estimate of drug-likeness (QED) is 0.417. The number of fused-ring (bicyclic) bond motifs is 3. The van der Waals surface area contributed by atoms with Crippen LogP contribution < -0.4 is 0 Å². The molecular formula is C28H42FN5O7. The van der Waals surface area contributed by atoms with Gasteiger partial charge < -0.3 is 34.0 Å². The number of rotatable bonds is 6. The maximum Gasteiger partial charge on any atom is 0.245 e. The van der Waals surface area contributed by atoms with Crippen LogP contribution in [0.15, 0.2) is 0 Å². The molecule has 0 saturated carbocycles. The van der Waals surface area contributed by atoms with Gasteiger partial charge in [-0.1, -0.05) is 0 Å². The fourth-order valence-electron chi connectivity index (χ4n) is 7.08. The lowest BCUT2D eigenvalue weighted by atomic mass is 9.80. The molecule has 41 heavy (non-hydrogen) atoms. The van der Waals surface area contributed by atoms with E-state index in [0.717, 1.165) is 12.8 Å². The molecule has 228 valence electrons. The van der Waals surface area contributed by atoms with Gasteiger partial charge in [-0.25, -0.2) is 4.39 Å². The SMILES string of the molecule is COC[C@H]1CCCN1C(=O)CN1CC(=O)N2C[C@@H](F)C[C@H]2C(=O)N2CC[C@@H](CC(=O)N3CCOCC3)[C@@H](CC1=O)C2. The summed E-state index contributed by atoms with van der Waals surface area (Å²) in [5.74, 6) is -1.92. The van der Waals surface area contributed by atoms with Crippen molar-refractivity contribution >= 4 is 29.5 Å². The number of amides is 5. The molecule has 5 fully saturated rings. The van der Waals surface area contributed by atoms with Gasteiger partial charge in [0.15, 0.2) is 0 Å². The van der Waals surface area contributed by atoms with E-state index in [2.05, 4.69) is 0 Å². The first-order valence-corrected chi connectivity index (χ1v) is 14.9. The lowest BCUT2D eigenvalue weighted by Gasteiger charge is -2.40. The third-order valence-corrected chi connectivity index (χ3v) is 9.36. The van der Waals surface area contributed by atoms with Crippen LogP contribution in [0.25, 0.3) is 0 Å². The summed E-state index contributed by atoms with van der Waals surface area (Å²) in [7, 11) is 1.58. The number of nitrogens with zero attached hydrogens (tertiary/aromatic N) is 5. The Morgan fingerprint density at radius 1 is 1.00 bits per heavy atom. The Hall–Kier alpha value is -2.80. The maximum absolute atomic E-state index is 14.6. The van der Waals surface area contributed by atoms with Crippen LogP contribution in [0.1, 0.15) is 38.5 Å². The summed E-state index contributed by atoms with van der Waals surface area (Å²) in [6, 6.07) is -1.02. The number of morpholine rings is 1. The van der Waals surface area contributed by atoms with Crippen molar-refractivity contribution in [1.82, 2.24) is 24.5 Å². The van der Waals surface area contributed by atoms with Gasteiger partial charge >= 0.3 is 0 Å². The van der Waals surface area contributed by atoms with Gasteiger partial charge in [0.1, 0.15) is 25.3 Å². The average Bonchev–Trinajstić information content (AvgIpc) is 3.59. The third kappa shape index (κ3) is 6.66. The third-order valence-electron chi connectivity index (χ3n) is 9.36. The van der Waals surface area contributed by atoms with Crippen LogP contribution in [-0.4, -0.2) is 152 Å². The Bertz CT molecular complexity index is 1020. The van der Waals surface area contributed by atoms with Crippen molar-refractivity contribution in [1.29, 1.82) is 0 Å². The van der Waals surface area contributed by atoms with E-state index in [4.69, 9.17) is 9.47 Å². The number of likely N-dealkylation sites (tertiary alicyclic amines) is 1. The number of carbonyl (C=O) groups is 5. The molecule has 2 bridgehead atoms. The number of ether oxygens (including phenoxy) is 2. The fourth-order valence-corrected chi connectivity index (χ4v) is 7.08. The number of methoxy groups -OCH3 is 1. The van der Waals surface area contributed by atoms with Crippen LogP contribution in [0.5, 0.6) is 0 Å². The van der Waals surface area contributed by atoms with Crippen LogP contribution in [0.3, 0.4) is 0 Å². The van der Waals surface area contributed by atoms with Crippen LogP contribution in [-0.2, 0) is 33.4 Å². The van der Waals surface area contributed by atoms with Gasteiger partial charge in [-0.2, -0.15) is 0 Å². The molecule has 12 nitrogen and oxygen atoms in total. The fraction of sp³-hybridized carbons (Fsp3) is 0.821. The van der Waals surface area contributed by atoms with E-state index in [0.29, 0.717) is 52.4 Å². The van der Waals surface area contributed by atoms with E-state index in [1.807, 2.05) is 0 Å². The van der Waals surface area contributed by atoms with Gasteiger partial charge in [0.2, 0.25) is 29.5 Å². The Labute approximate surface area is 240 Å². The minimum atomic E-state index is -1.33. The number of carbonyl (C=O) groups excluding carboxylic acids is 5. The van der Waals surface area contributed by atoms with E-state index >= 15 is 0 Å². The van der Waals surface area contributed by atoms with E-state index < -0.39 is 24.7 Å². The summed E-state index contributed by atoms with van der Waals surface area (Å²) in [5.41, 5.74) is 0. The number of halogens is 1. The molecule has 0 aromatic heterocycles. The molecule has 5 heterocycles. The second kappa shape index (κ2) is 13.0. The zero-order valence-electron chi connectivity index (χ0n) is 23.9. The summed E-state index contributed by atoms with van der Waals surface area (Å²) >= 11 is 0. The van der Waals surface area contributed by atoms with Crippen LogP contribution in [0.2, 0.25) is 0 Å². The molecule has 5 amide bonds. The van der Waals surface area contributed by atoms with Crippen molar-refractivity contribution in [2.45, 2.75) is 56.8 Å². The van der Waals surface area contributed by atoms with Crippen molar-refractivity contribution in [3.05, 3.63) is 0 Å². The molecule has 0 aromatic rings. The van der Waals surface area contributed by atoms with Crippen LogP contribution >= 0.6 is 0 Å². The summed E-state index contributed by atoms with van der Waals surface area (Å²) in [6.45, 7) is 2.76. The summed E-state index contributed by atoms with van der Waals surface area (Å²) in [4.78, 5) is 74.9.